The Bertz CT molecular complexity index is 91.2. The molecule has 0 radical (unpaired) electrons. The van der Waals surface area contributed by atoms with E-state index in [1.165, 1.54) is 0 Å². The van der Waals surface area contributed by atoms with Gasteiger partial charge >= 0.3 is 0 Å². The predicted molar refractivity (Wildman–Crippen MR) is 39.1 cm³/mol. The molecule has 0 bridgehead atoms. The number of hydrogen-bond acceptors (Lipinski definition) is 0. The molecule has 0 aliphatic heterocycles. The molecule has 0 saturated carbocycles. The highest BCUT2D eigenvalue weighted by molar-refractivity contribution is 8.34. The minimum Gasteiger partial charge on any atom is -0.223 e. The number of rotatable bonds is 1. The third-order valence-electron chi connectivity index (χ3n) is 0.437. The Morgan fingerprint density at radius 3 is 1.86 bits per heavy atom. The van der Waals surface area contributed by atoms with Gasteiger partial charge in [0.05, 0.1) is 0 Å². The molecule has 0 heterocycles. The molecule has 0 rings (SSSR count). The summed E-state index contributed by atoms with van der Waals surface area (Å²) in [6.45, 7) is 3.49. The van der Waals surface area contributed by atoms with Crippen molar-refractivity contribution in [1.29, 1.82) is 0 Å². The highest BCUT2D eigenvalue weighted by atomic mass is 32.3. The molecule has 0 aliphatic rings. The molecule has 0 atom stereocenters. The van der Waals surface area contributed by atoms with Crippen molar-refractivity contribution in [3.05, 3.63) is 17.7 Å². The van der Waals surface area contributed by atoms with E-state index >= 15 is 0 Å². The fraction of sp³-hybridized carbons (Fsp3) is 0.500. The Hall–Kier alpha value is -0.130. The molecule has 0 fully saturated rings. The zero-order chi connectivity index (χ0) is 5.91. The molecule has 1 heteroatoms. The largest absolute Gasteiger partial charge is 0.223 e. The van der Waals surface area contributed by atoms with Gasteiger partial charge in [0.25, 0.3) is 0 Å². The van der Waals surface area contributed by atoms with Crippen molar-refractivity contribution >= 4 is 10.0 Å². The van der Waals surface area contributed by atoms with Crippen molar-refractivity contribution in [2.75, 3.05) is 18.8 Å². The van der Waals surface area contributed by atoms with Gasteiger partial charge < -0.3 is 0 Å². The molecule has 0 saturated heterocycles. The average Bonchev–Trinajstić information content (AvgIpc) is 1.30. The van der Waals surface area contributed by atoms with Crippen molar-refractivity contribution in [1.82, 2.24) is 0 Å². The summed E-state index contributed by atoms with van der Waals surface area (Å²) in [5.74, 6) is 0. The van der Waals surface area contributed by atoms with Crippen LogP contribution in [-0.2, 0) is 0 Å². The van der Waals surface area contributed by atoms with Gasteiger partial charge in [0, 0.05) is 0 Å². The van der Waals surface area contributed by atoms with Gasteiger partial charge in [-0.1, -0.05) is 6.58 Å². The van der Waals surface area contributed by atoms with Crippen LogP contribution in [0, 0.1) is 0 Å². The van der Waals surface area contributed by atoms with Crippen LogP contribution in [0.15, 0.2) is 17.7 Å². The third kappa shape index (κ3) is 5.87. The molecule has 0 unspecified atom stereocenters. The lowest BCUT2D eigenvalue weighted by molar-refractivity contribution is 2.08. The van der Waals surface area contributed by atoms with Gasteiger partial charge in [-0.2, -0.15) is 0 Å². The molecular weight excluding hydrogens is 104 g/mol. The van der Waals surface area contributed by atoms with E-state index in [1.807, 2.05) is 5.41 Å². The van der Waals surface area contributed by atoms with Gasteiger partial charge in [0.1, 0.15) is 0 Å². The van der Waals surface area contributed by atoms with Crippen molar-refractivity contribution in [3.8, 4) is 0 Å². The SMILES string of the molecule is C=C=CS(C)(C)C. The van der Waals surface area contributed by atoms with Crippen LogP contribution in [0.1, 0.15) is 0 Å². The van der Waals surface area contributed by atoms with E-state index in [4.69, 9.17) is 0 Å². The van der Waals surface area contributed by atoms with Crippen molar-refractivity contribution in [2.45, 2.75) is 0 Å². The van der Waals surface area contributed by atoms with Crippen LogP contribution in [0.2, 0.25) is 0 Å². The first-order valence-corrected chi connectivity index (χ1v) is 5.02. The maximum atomic E-state index is 3.49. The normalized spacial score (nSPS) is 12.4. The lowest BCUT2D eigenvalue weighted by atomic mass is 11.0. The quantitative estimate of drug-likeness (QED) is 0.459. The molecule has 0 N–H and O–H groups in total. The van der Waals surface area contributed by atoms with Crippen LogP contribution in [0.4, 0.5) is 0 Å². The predicted octanol–water partition coefficient (Wildman–Crippen LogP) is 1.98. The molecule has 7 heavy (non-hydrogen) atoms. The highest BCUT2D eigenvalue weighted by Crippen LogP contribution is 2.35. The molecule has 0 nitrogen and oxygen atoms in total. The third-order valence-corrected chi connectivity index (χ3v) is 1.31. The average molecular weight is 116 g/mol. The van der Waals surface area contributed by atoms with E-state index < -0.39 is 10.0 Å². The van der Waals surface area contributed by atoms with E-state index in [1.54, 1.807) is 0 Å². The maximum Gasteiger partial charge on any atom is -0.00558 e. The summed E-state index contributed by atoms with van der Waals surface area (Å²) in [6.07, 6.45) is 6.60. The standard InChI is InChI=1S/C6H12S/c1-5-6-7(2,3)4/h6H,1H2,2-4H3. The van der Waals surface area contributed by atoms with Crippen molar-refractivity contribution in [3.63, 3.8) is 0 Å². The first-order valence-electron chi connectivity index (χ1n) is 2.10. The van der Waals surface area contributed by atoms with Crippen LogP contribution < -0.4 is 0 Å². The topological polar surface area (TPSA) is 0 Å². The van der Waals surface area contributed by atoms with Crippen LogP contribution >= 0.6 is 10.0 Å². The summed E-state index contributed by atoms with van der Waals surface area (Å²) >= 11 is 0. The van der Waals surface area contributed by atoms with E-state index in [0.29, 0.717) is 0 Å². The van der Waals surface area contributed by atoms with Crippen molar-refractivity contribution < 1.29 is 0 Å². The second kappa shape index (κ2) is 2.25. The van der Waals surface area contributed by atoms with Gasteiger partial charge in [-0.05, 0) is 24.2 Å². The maximum absolute atomic E-state index is 3.49. The molecule has 0 aromatic carbocycles. The summed E-state index contributed by atoms with van der Waals surface area (Å²) < 4.78 is 0. The van der Waals surface area contributed by atoms with Gasteiger partial charge in [-0.3, -0.25) is 0 Å². The van der Waals surface area contributed by atoms with E-state index in [9.17, 15) is 0 Å². The van der Waals surface area contributed by atoms with Gasteiger partial charge in [0.2, 0.25) is 0 Å². The number of hydrogen-bond donors (Lipinski definition) is 0. The Morgan fingerprint density at radius 1 is 1.43 bits per heavy atom. The van der Waals surface area contributed by atoms with E-state index in [-0.39, 0.29) is 0 Å². The van der Waals surface area contributed by atoms with Crippen LogP contribution in [0.5, 0.6) is 0 Å². The second-order valence-electron chi connectivity index (χ2n) is 2.25. The minimum atomic E-state index is -0.473. The molecule has 0 aliphatic carbocycles. The fourth-order valence-electron chi connectivity index (χ4n) is 0.250. The first-order chi connectivity index (χ1) is 3.06. The zero-order valence-corrected chi connectivity index (χ0v) is 6.01. The minimum absolute atomic E-state index is 0.473. The van der Waals surface area contributed by atoms with Gasteiger partial charge in [-0.15, -0.1) is 5.73 Å². The fourth-order valence-corrected chi connectivity index (χ4v) is 0.750. The molecule has 0 aromatic rings. The summed E-state index contributed by atoms with van der Waals surface area (Å²) in [5, 5.41) is 2.03. The Balaban J connectivity index is 3.80. The van der Waals surface area contributed by atoms with Crippen LogP contribution in [0.25, 0.3) is 0 Å². The Labute approximate surface area is 47.2 Å². The summed E-state index contributed by atoms with van der Waals surface area (Å²) in [6, 6.07) is 0. The molecule has 0 amide bonds. The molecule has 0 aromatic heterocycles. The lowest BCUT2D eigenvalue weighted by Gasteiger charge is -2.16. The van der Waals surface area contributed by atoms with Crippen LogP contribution in [0.3, 0.4) is 0 Å². The highest BCUT2D eigenvalue weighted by Gasteiger charge is 1.92. The first kappa shape index (κ1) is 6.87. The van der Waals surface area contributed by atoms with Gasteiger partial charge in [-0.25, -0.2) is 10.0 Å². The zero-order valence-electron chi connectivity index (χ0n) is 5.19. The smallest absolute Gasteiger partial charge is 0.00558 e. The molecule has 0 spiro atoms. The molecular formula is C6H12S. The van der Waals surface area contributed by atoms with Crippen LogP contribution in [-0.4, -0.2) is 18.8 Å². The molecule has 42 valence electrons. The second-order valence-corrected chi connectivity index (χ2v) is 6.35. The lowest BCUT2D eigenvalue weighted by Crippen LogP contribution is -1.81. The van der Waals surface area contributed by atoms with E-state index in [2.05, 4.69) is 31.1 Å². The Kier molecular flexibility index (Phi) is 2.21. The Morgan fingerprint density at radius 2 is 1.86 bits per heavy atom. The summed E-state index contributed by atoms with van der Waals surface area (Å²) in [5.41, 5.74) is 2.77. The summed E-state index contributed by atoms with van der Waals surface area (Å²) in [7, 11) is -0.473. The van der Waals surface area contributed by atoms with E-state index in [0.717, 1.165) is 0 Å². The summed E-state index contributed by atoms with van der Waals surface area (Å²) in [4.78, 5) is 0. The monoisotopic (exact) mass is 116 g/mol. The van der Waals surface area contributed by atoms with Gasteiger partial charge in [0.15, 0.2) is 0 Å². The van der Waals surface area contributed by atoms with Crippen molar-refractivity contribution in [2.24, 2.45) is 0 Å².